The van der Waals surface area contributed by atoms with Crippen molar-refractivity contribution < 1.29 is 9.66 Å². The predicted molar refractivity (Wildman–Crippen MR) is 59.1 cm³/mol. The SMILES string of the molecule is CC(/C=C/c1cnc([N+](=O)[O-])n1C)=[N+](C)[O-]. The van der Waals surface area contributed by atoms with Crippen molar-refractivity contribution in [3.8, 4) is 0 Å². The summed E-state index contributed by atoms with van der Waals surface area (Å²) in [6.07, 6.45) is 4.56. The van der Waals surface area contributed by atoms with E-state index in [1.165, 1.54) is 17.8 Å². The molecule has 7 nitrogen and oxygen atoms in total. The maximum absolute atomic E-state index is 10.9. The zero-order valence-electron chi connectivity index (χ0n) is 9.25. The first-order valence-electron chi connectivity index (χ1n) is 4.52. The lowest BCUT2D eigenvalue weighted by Crippen LogP contribution is -2.04. The van der Waals surface area contributed by atoms with Crippen molar-refractivity contribution in [3.63, 3.8) is 0 Å². The molecule has 16 heavy (non-hydrogen) atoms. The van der Waals surface area contributed by atoms with Gasteiger partial charge < -0.3 is 15.3 Å². The van der Waals surface area contributed by atoms with Crippen molar-refractivity contribution in [2.24, 2.45) is 7.05 Å². The van der Waals surface area contributed by atoms with Crippen LogP contribution in [0.3, 0.4) is 0 Å². The quantitative estimate of drug-likeness (QED) is 0.251. The number of hydroxylamine groups is 1. The first-order chi connectivity index (χ1) is 7.43. The summed E-state index contributed by atoms with van der Waals surface area (Å²) in [5.41, 5.74) is 1.07. The van der Waals surface area contributed by atoms with Gasteiger partial charge in [-0.25, -0.2) is 9.31 Å². The summed E-state index contributed by atoms with van der Waals surface area (Å²) in [6.45, 7) is 1.65. The normalized spacial score (nSPS) is 12.9. The summed E-state index contributed by atoms with van der Waals surface area (Å²) >= 11 is 0. The van der Waals surface area contributed by atoms with Gasteiger partial charge in [-0.05, 0) is 11.0 Å². The molecule has 0 aliphatic carbocycles. The molecule has 1 heterocycles. The van der Waals surface area contributed by atoms with Gasteiger partial charge in [-0.2, -0.15) is 0 Å². The molecule has 1 aromatic rings. The average Bonchev–Trinajstić information content (AvgIpc) is 2.56. The minimum absolute atomic E-state index is 0.229. The lowest BCUT2D eigenvalue weighted by Gasteiger charge is -1.97. The van der Waals surface area contributed by atoms with Crippen LogP contribution in [0.5, 0.6) is 0 Å². The highest BCUT2D eigenvalue weighted by Crippen LogP contribution is 2.11. The van der Waals surface area contributed by atoms with Crippen LogP contribution in [0.4, 0.5) is 5.95 Å². The number of nitrogens with zero attached hydrogens (tertiary/aromatic N) is 4. The third-order valence-corrected chi connectivity index (χ3v) is 2.15. The van der Waals surface area contributed by atoms with E-state index >= 15 is 0 Å². The fraction of sp³-hybridized carbons (Fsp3) is 0.333. The Balaban J connectivity index is 3.00. The third kappa shape index (κ3) is 2.44. The van der Waals surface area contributed by atoms with Crippen molar-refractivity contribution in [3.05, 3.63) is 33.3 Å². The lowest BCUT2D eigenvalue weighted by molar-refractivity contribution is -0.422. The molecule has 1 rings (SSSR count). The third-order valence-electron chi connectivity index (χ3n) is 2.15. The van der Waals surface area contributed by atoms with Gasteiger partial charge in [-0.1, -0.05) is 4.98 Å². The largest absolute Gasteiger partial charge is 0.624 e. The fourth-order valence-electron chi connectivity index (χ4n) is 1.05. The van der Waals surface area contributed by atoms with E-state index in [1.54, 1.807) is 26.1 Å². The molecule has 0 bridgehead atoms. The fourth-order valence-corrected chi connectivity index (χ4v) is 1.05. The van der Waals surface area contributed by atoms with Gasteiger partial charge in [0.1, 0.15) is 18.9 Å². The van der Waals surface area contributed by atoms with E-state index in [1.807, 2.05) is 0 Å². The Kier molecular flexibility index (Phi) is 3.39. The van der Waals surface area contributed by atoms with Crippen LogP contribution in [0.2, 0.25) is 0 Å². The second-order valence-electron chi connectivity index (χ2n) is 3.27. The second-order valence-corrected chi connectivity index (χ2v) is 3.27. The molecule has 1 aromatic heterocycles. The number of rotatable bonds is 3. The minimum atomic E-state index is -0.562. The van der Waals surface area contributed by atoms with Crippen LogP contribution in [0, 0.1) is 15.3 Å². The minimum Gasteiger partial charge on any atom is -0.624 e. The first kappa shape index (κ1) is 11.9. The standard InChI is InChI=1S/C9H12N4O3/c1-7(12(3)14)4-5-8-6-10-9(11(8)2)13(15)16/h4-6H,1-3H3/b5-4+,12-7?. The van der Waals surface area contributed by atoms with Crippen molar-refractivity contribution in [2.75, 3.05) is 7.05 Å². The Morgan fingerprint density at radius 1 is 1.56 bits per heavy atom. The van der Waals surface area contributed by atoms with Crippen molar-refractivity contribution >= 4 is 17.7 Å². The molecular formula is C9H12N4O3. The van der Waals surface area contributed by atoms with Crippen LogP contribution < -0.4 is 0 Å². The molecule has 0 spiro atoms. The van der Waals surface area contributed by atoms with E-state index in [4.69, 9.17) is 0 Å². The van der Waals surface area contributed by atoms with Crippen molar-refractivity contribution in [1.82, 2.24) is 9.55 Å². The summed E-state index contributed by atoms with van der Waals surface area (Å²) < 4.78 is 2.05. The number of aromatic nitrogens is 2. The van der Waals surface area contributed by atoms with Crippen molar-refractivity contribution in [2.45, 2.75) is 6.92 Å². The lowest BCUT2D eigenvalue weighted by atomic mass is 10.3. The molecule has 0 unspecified atom stereocenters. The van der Waals surface area contributed by atoms with Crippen LogP contribution >= 0.6 is 0 Å². The maximum Gasteiger partial charge on any atom is 0.434 e. The molecule has 0 saturated heterocycles. The average molecular weight is 224 g/mol. The van der Waals surface area contributed by atoms with E-state index < -0.39 is 4.92 Å². The van der Waals surface area contributed by atoms with E-state index in [0.717, 1.165) is 0 Å². The molecule has 0 saturated carbocycles. The number of hydrogen-bond acceptors (Lipinski definition) is 4. The van der Waals surface area contributed by atoms with Gasteiger partial charge in [0.05, 0.1) is 7.05 Å². The van der Waals surface area contributed by atoms with Crippen LogP contribution in [-0.2, 0) is 7.05 Å². The molecule has 0 fully saturated rings. The molecule has 0 aliphatic rings. The molecule has 86 valence electrons. The zero-order valence-corrected chi connectivity index (χ0v) is 9.25. The van der Waals surface area contributed by atoms with E-state index in [9.17, 15) is 15.3 Å². The number of allylic oxidation sites excluding steroid dienone is 1. The van der Waals surface area contributed by atoms with Gasteiger partial charge in [0, 0.05) is 13.0 Å². The van der Waals surface area contributed by atoms with Gasteiger partial charge in [-0.3, -0.25) is 0 Å². The van der Waals surface area contributed by atoms with Gasteiger partial charge in [0.25, 0.3) is 0 Å². The molecular weight excluding hydrogens is 212 g/mol. The van der Waals surface area contributed by atoms with Gasteiger partial charge >= 0.3 is 5.95 Å². The molecule has 0 aliphatic heterocycles. The summed E-state index contributed by atoms with van der Waals surface area (Å²) in [5.74, 6) is -0.229. The Morgan fingerprint density at radius 2 is 2.19 bits per heavy atom. The van der Waals surface area contributed by atoms with Crippen molar-refractivity contribution in [1.29, 1.82) is 0 Å². The Bertz CT molecular complexity index is 469. The smallest absolute Gasteiger partial charge is 0.434 e. The number of nitro groups is 1. The summed E-state index contributed by atoms with van der Waals surface area (Å²) in [7, 11) is 2.92. The Labute approximate surface area is 92.1 Å². The summed E-state index contributed by atoms with van der Waals surface area (Å²) in [6, 6.07) is 0. The molecule has 0 N–H and O–H groups in total. The second kappa shape index (κ2) is 4.56. The van der Waals surface area contributed by atoms with Crippen LogP contribution in [-0.4, -0.2) is 32.0 Å². The zero-order chi connectivity index (χ0) is 12.3. The van der Waals surface area contributed by atoms with Crippen LogP contribution in [0.25, 0.3) is 6.08 Å². The Morgan fingerprint density at radius 3 is 2.62 bits per heavy atom. The monoisotopic (exact) mass is 224 g/mol. The van der Waals surface area contributed by atoms with Gasteiger partial charge in [0.15, 0.2) is 5.71 Å². The summed E-state index contributed by atoms with van der Waals surface area (Å²) in [4.78, 5) is 13.6. The first-order valence-corrected chi connectivity index (χ1v) is 4.52. The van der Waals surface area contributed by atoms with E-state index in [2.05, 4.69) is 4.98 Å². The highest BCUT2D eigenvalue weighted by Gasteiger charge is 2.15. The number of imidazole rings is 1. The van der Waals surface area contributed by atoms with E-state index in [0.29, 0.717) is 16.1 Å². The molecule has 0 amide bonds. The molecule has 7 heteroatoms. The van der Waals surface area contributed by atoms with E-state index in [-0.39, 0.29) is 5.95 Å². The molecule has 0 radical (unpaired) electrons. The highest BCUT2D eigenvalue weighted by atomic mass is 16.6. The topological polar surface area (TPSA) is 87.0 Å². The maximum atomic E-state index is 10.9. The predicted octanol–water partition coefficient (Wildman–Crippen LogP) is 0.942. The Hall–Kier alpha value is -2.18. The van der Waals surface area contributed by atoms with Gasteiger partial charge in [-0.15, -0.1) is 0 Å². The molecule has 0 aromatic carbocycles. The highest BCUT2D eigenvalue weighted by molar-refractivity contribution is 5.92. The summed E-state index contributed by atoms with van der Waals surface area (Å²) in [5, 5.41) is 21.4. The number of hydrogen-bond donors (Lipinski definition) is 0. The molecule has 0 atom stereocenters. The van der Waals surface area contributed by atoms with Gasteiger partial charge in [0.2, 0.25) is 0 Å². The van der Waals surface area contributed by atoms with Crippen LogP contribution in [0.15, 0.2) is 12.3 Å². The van der Waals surface area contributed by atoms with Crippen LogP contribution in [0.1, 0.15) is 12.6 Å².